The third-order valence-electron chi connectivity index (χ3n) is 3.88. The second-order valence-electron chi connectivity index (χ2n) is 5.38. The Morgan fingerprint density at radius 1 is 0.842 bits per heavy atom. The summed E-state index contributed by atoms with van der Waals surface area (Å²) in [5, 5.41) is 22.2. The van der Waals surface area contributed by atoms with Crippen molar-refractivity contribution in [2.75, 3.05) is 0 Å². The van der Waals surface area contributed by atoms with Crippen molar-refractivity contribution < 1.29 is 10.3 Å². The molecule has 0 saturated heterocycles. The molecule has 2 aliphatic rings. The summed E-state index contributed by atoms with van der Waals surface area (Å²) >= 11 is 0. The zero-order chi connectivity index (χ0) is 13.5. The molecule has 3 rings (SSSR count). The van der Waals surface area contributed by atoms with E-state index in [-0.39, 0.29) is 0 Å². The first-order valence-electron chi connectivity index (χ1n) is 7.26. The highest BCUT2D eigenvalue weighted by Crippen LogP contribution is 2.15. The van der Waals surface area contributed by atoms with E-state index in [2.05, 4.69) is 29.4 Å². The summed E-state index contributed by atoms with van der Waals surface area (Å²) < 4.78 is 0. The van der Waals surface area contributed by atoms with E-state index >= 15 is 0 Å². The Morgan fingerprint density at radius 3 is 1.95 bits per heavy atom. The minimum atomic E-state index is -0.575. The van der Waals surface area contributed by atoms with E-state index in [0.29, 0.717) is 18.6 Å². The lowest BCUT2D eigenvalue weighted by atomic mass is 9.97. The van der Waals surface area contributed by atoms with Crippen molar-refractivity contribution in [3.05, 3.63) is 35.4 Å². The molecule has 3 heteroatoms. The van der Waals surface area contributed by atoms with Gasteiger partial charge in [-0.05, 0) is 56.1 Å². The third-order valence-corrected chi connectivity index (χ3v) is 3.88. The normalized spacial score (nSPS) is 24.3. The summed E-state index contributed by atoms with van der Waals surface area (Å²) in [7, 11) is 0. The molecule has 0 fully saturated rings. The van der Waals surface area contributed by atoms with Crippen LogP contribution in [0.2, 0.25) is 0 Å². The van der Waals surface area contributed by atoms with Crippen LogP contribution in [0.25, 0.3) is 0 Å². The monoisotopic (exact) mass is 261 g/mol. The highest BCUT2D eigenvalue weighted by atomic mass is 16.4. The van der Waals surface area contributed by atoms with E-state index in [9.17, 15) is 5.11 Å². The quantitative estimate of drug-likeness (QED) is 0.556. The number of rotatable bonds is 0. The molecule has 0 saturated carbocycles. The van der Waals surface area contributed by atoms with Crippen LogP contribution in [0.4, 0.5) is 0 Å². The van der Waals surface area contributed by atoms with Crippen LogP contribution in [0.15, 0.2) is 29.4 Å². The smallest absolute Gasteiger partial charge is 0.0954 e. The zero-order valence-corrected chi connectivity index (χ0v) is 11.4. The molecule has 19 heavy (non-hydrogen) atoms. The van der Waals surface area contributed by atoms with E-state index in [1.807, 2.05) is 0 Å². The Balaban J connectivity index is 2.02. The fourth-order valence-corrected chi connectivity index (χ4v) is 2.62. The number of hydrogen-bond donors (Lipinski definition) is 2. The molecule has 1 unspecified atom stereocenters. The highest BCUT2D eigenvalue weighted by molar-refractivity contribution is 5.87. The van der Waals surface area contributed by atoms with E-state index in [4.69, 9.17) is 5.21 Å². The predicted octanol–water partition coefficient (Wildman–Crippen LogP) is 3.32. The summed E-state index contributed by atoms with van der Waals surface area (Å²) in [6.45, 7) is 0. The summed E-state index contributed by atoms with van der Waals surface area (Å²) in [5.74, 6) is 0. The molecule has 0 aromatic heterocycles. The van der Waals surface area contributed by atoms with Crippen LogP contribution >= 0.6 is 0 Å². The van der Waals surface area contributed by atoms with Gasteiger partial charge in [-0.3, -0.25) is 0 Å². The first-order valence-corrected chi connectivity index (χ1v) is 7.26. The lowest BCUT2D eigenvalue weighted by molar-refractivity contribution is 0.213. The molecule has 2 bridgehead atoms. The first-order chi connectivity index (χ1) is 9.29. The summed E-state index contributed by atoms with van der Waals surface area (Å²) in [6.07, 6.45) is 6.95. The van der Waals surface area contributed by atoms with Gasteiger partial charge in [0.1, 0.15) is 0 Å². The van der Waals surface area contributed by atoms with Gasteiger partial charge in [0.05, 0.1) is 11.8 Å². The van der Waals surface area contributed by atoms with Crippen LogP contribution in [-0.2, 0) is 12.8 Å². The van der Waals surface area contributed by atoms with Crippen molar-refractivity contribution in [2.45, 2.75) is 57.5 Å². The van der Waals surface area contributed by atoms with Gasteiger partial charge in [-0.25, -0.2) is 0 Å². The molecule has 0 heterocycles. The number of hydrogen-bond acceptors (Lipinski definition) is 3. The fourth-order valence-electron chi connectivity index (χ4n) is 2.62. The summed E-state index contributed by atoms with van der Waals surface area (Å²) in [6, 6.07) is 8.88. The summed E-state index contributed by atoms with van der Waals surface area (Å²) in [5.41, 5.74) is 3.28. The van der Waals surface area contributed by atoms with Crippen LogP contribution in [0, 0.1) is 0 Å². The molecule has 0 amide bonds. The number of aryl methyl sites for hydroxylation is 2. The van der Waals surface area contributed by atoms with Crippen LogP contribution in [-0.4, -0.2) is 22.1 Å². The van der Waals surface area contributed by atoms with Crippen LogP contribution < -0.4 is 0 Å². The summed E-state index contributed by atoms with van der Waals surface area (Å²) in [4.78, 5) is 0. The first kappa shape index (κ1) is 14.1. The predicted molar refractivity (Wildman–Crippen MR) is 76.8 cm³/mol. The minimum Gasteiger partial charge on any atom is -0.411 e. The Morgan fingerprint density at radius 2 is 1.37 bits per heavy atom. The van der Waals surface area contributed by atoms with Gasteiger partial charge in [-0.2, -0.15) is 0 Å². The van der Waals surface area contributed by atoms with Crippen LogP contribution in [0.1, 0.15) is 49.7 Å². The van der Waals surface area contributed by atoms with E-state index < -0.39 is 6.10 Å². The number of nitrogens with zero attached hydrogens (tertiary/aromatic N) is 1. The van der Waals surface area contributed by atoms with Crippen molar-refractivity contribution >= 4 is 5.71 Å². The lowest BCUT2D eigenvalue weighted by Crippen LogP contribution is -2.20. The molecule has 3 nitrogen and oxygen atoms in total. The van der Waals surface area contributed by atoms with E-state index in [1.54, 1.807) is 0 Å². The SMILES string of the molecule is O/N=C1\CCCCc2ccc(cc2)CCCCC1O. The molecule has 0 radical (unpaired) electrons. The molecule has 1 aromatic carbocycles. The Kier molecular flexibility index (Phi) is 5.40. The number of fused-ring (bicyclic) bond motifs is 11. The van der Waals surface area contributed by atoms with Crippen molar-refractivity contribution in [1.82, 2.24) is 0 Å². The van der Waals surface area contributed by atoms with E-state index in [1.165, 1.54) is 11.1 Å². The largest absolute Gasteiger partial charge is 0.411 e. The average Bonchev–Trinajstić information content (AvgIpc) is 2.44. The lowest BCUT2D eigenvalue weighted by Gasteiger charge is -2.13. The molecular weight excluding hydrogens is 238 g/mol. The second-order valence-corrected chi connectivity index (χ2v) is 5.38. The number of aliphatic hydroxyl groups excluding tert-OH is 1. The van der Waals surface area contributed by atoms with Gasteiger partial charge < -0.3 is 10.3 Å². The maximum atomic E-state index is 9.98. The highest BCUT2D eigenvalue weighted by Gasteiger charge is 2.13. The van der Waals surface area contributed by atoms with E-state index in [0.717, 1.165) is 38.5 Å². The second kappa shape index (κ2) is 7.29. The standard InChI is InChI=1S/C16H23NO2/c18-16-8-4-2-6-14-11-9-13(10-12-14)5-1-3-7-15(16)17-19/h9-12,16,18-19H,1-8H2/b17-15+. The van der Waals surface area contributed by atoms with Crippen molar-refractivity contribution in [1.29, 1.82) is 0 Å². The van der Waals surface area contributed by atoms with Gasteiger partial charge >= 0.3 is 0 Å². The number of aliphatic hydroxyl groups is 1. The molecule has 2 aliphatic carbocycles. The van der Waals surface area contributed by atoms with Gasteiger partial charge in [-0.15, -0.1) is 0 Å². The number of benzene rings is 1. The van der Waals surface area contributed by atoms with Gasteiger partial charge in [0, 0.05) is 0 Å². The van der Waals surface area contributed by atoms with Crippen molar-refractivity contribution in [3.8, 4) is 0 Å². The average molecular weight is 261 g/mol. The minimum absolute atomic E-state index is 0.547. The molecule has 1 atom stereocenters. The van der Waals surface area contributed by atoms with Gasteiger partial charge in [0.25, 0.3) is 0 Å². The van der Waals surface area contributed by atoms with Gasteiger partial charge in [0.2, 0.25) is 0 Å². The molecule has 0 spiro atoms. The molecule has 104 valence electrons. The molecule has 1 aromatic rings. The van der Waals surface area contributed by atoms with Crippen LogP contribution in [0.3, 0.4) is 0 Å². The van der Waals surface area contributed by atoms with Crippen molar-refractivity contribution in [3.63, 3.8) is 0 Å². The molecule has 2 N–H and O–H groups in total. The Bertz CT molecular complexity index is 411. The fraction of sp³-hybridized carbons (Fsp3) is 0.562. The zero-order valence-electron chi connectivity index (χ0n) is 11.4. The van der Waals surface area contributed by atoms with Crippen molar-refractivity contribution in [2.24, 2.45) is 5.16 Å². The Hall–Kier alpha value is -1.35. The Labute approximate surface area is 115 Å². The maximum absolute atomic E-state index is 9.98. The van der Waals surface area contributed by atoms with Gasteiger partial charge in [-0.1, -0.05) is 35.8 Å². The third kappa shape index (κ3) is 4.35. The maximum Gasteiger partial charge on any atom is 0.0954 e. The number of oxime groups is 1. The topological polar surface area (TPSA) is 52.8 Å². The molecular formula is C16H23NO2. The van der Waals surface area contributed by atoms with Gasteiger partial charge in [0.15, 0.2) is 0 Å². The van der Waals surface area contributed by atoms with Crippen LogP contribution in [0.5, 0.6) is 0 Å². The molecule has 0 aliphatic heterocycles.